The Bertz CT molecular complexity index is 1180. The SMILES string of the molecule is CC(C)c1ccc(C2CC(=O)N(c3cc(C(=O)O)ccc3Cl)C3=C2C(=O)CC(C)(C)C3)cc1. The number of hydrogen-bond donors (Lipinski definition) is 1. The van der Waals surface area contributed by atoms with E-state index in [1.807, 2.05) is 26.0 Å². The first-order valence-electron chi connectivity index (χ1n) is 11.2. The molecule has 0 saturated carbocycles. The van der Waals surface area contributed by atoms with Crippen molar-refractivity contribution < 1.29 is 19.5 Å². The maximum absolute atomic E-state index is 13.5. The van der Waals surface area contributed by atoms with Crippen molar-refractivity contribution in [3.63, 3.8) is 0 Å². The summed E-state index contributed by atoms with van der Waals surface area (Å²) >= 11 is 6.44. The number of allylic oxidation sites excluding steroid dienone is 2. The molecule has 33 heavy (non-hydrogen) atoms. The largest absolute Gasteiger partial charge is 0.478 e. The number of carbonyl (C=O) groups excluding carboxylic acids is 2. The molecule has 2 aromatic carbocycles. The van der Waals surface area contributed by atoms with Gasteiger partial charge in [0.25, 0.3) is 0 Å². The Balaban J connectivity index is 1.89. The van der Waals surface area contributed by atoms with Crippen molar-refractivity contribution in [3.8, 4) is 0 Å². The van der Waals surface area contributed by atoms with Crippen molar-refractivity contribution in [2.75, 3.05) is 4.90 Å². The van der Waals surface area contributed by atoms with E-state index in [0.717, 1.165) is 5.56 Å². The Labute approximate surface area is 199 Å². The number of rotatable bonds is 4. The zero-order chi connectivity index (χ0) is 24.1. The number of anilines is 1. The molecule has 0 saturated heterocycles. The van der Waals surface area contributed by atoms with Gasteiger partial charge in [-0.1, -0.05) is 63.6 Å². The number of hydrogen-bond acceptors (Lipinski definition) is 3. The van der Waals surface area contributed by atoms with Crippen LogP contribution in [0.3, 0.4) is 0 Å². The normalized spacial score (nSPS) is 20.3. The van der Waals surface area contributed by atoms with Crippen molar-refractivity contribution in [2.45, 2.75) is 58.8 Å². The lowest BCUT2D eigenvalue weighted by Crippen LogP contribution is -2.44. The van der Waals surface area contributed by atoms with Gasteiger partial charge < -0.3 is 5.11 Å². The van der Waals surface area contributed by atoms with E-state index in [4.69, 9.17) is 11.6 Å². The van der Waals surface area contributed by atoms with Crippen LogP contribution < -0.4 is 4.90 Å². The Hall–Kier alpha value is -2.92. The van der Waals surface area contributed by atoms with Crippen molar-refractivity contribution in [1.82, 2.24) is 0 Å². The Kier molecular flexibility index (Phi) is 5.95. The van der Waals surface area contributed by atoms with Crippen LogP contribution in [-0.4, -0.2) is 22.8 Å². The molecule has 2 aromatic rings. The van der Waals surface area contributed by atoms with E-state index in [2.05, 4.69) is 26.0 Å². The van der Waals surface area contributed by atoms with E-state index in [-0.39, 0.29) is 40.0 Å². The van der Waals surface area contributed by atoms with Gasteiger partial charge in [-0.05, 0) is 47.1 Å². The number of halogens is 1. The molecule has 5 nitrogen and oxygen atoms in total. The van der Waals surface area contributed by atoms with Gasteiger partial charge in [0, 0.05) is 30.0 Å². The highest BCUT2D eigenvalue weighted by Gasteiger charge is 2.44. The summed E-state index contributed by atoms with van der Waals surface area (Å²) in [5.74, 6) is -1.20. The van der Waals surface area contributed by atoms with Crippen molar-refractivity contribution in [1.29, 1.82) is 0 Å². The van der Waals surface area contributed by atoms with Gasteiger partial charge in [0.1, 0.15) is 0 Å². The summed E-state index contributed by atoms with van der Waals surface area (Å²) in [6.45, 7) is 8.26. The maximum atomic E-state index is 13.5. The topological polar surface area (TPSA) is 74.7 Å². The van der Waals surface area contributed by atoms with Crippen LogP contribution in [0.25, 0.3) is 0 Å². The standard InChI is InChI=1S/C27H28ClNO4/c1-15(2)16-5-7-17(8-6-16)19-12-24(31)29(21-11-18(26(32)33)9-10-20(21)28)22-13-27(3,4)14-23(30)25(19)22/h5-11,15,19H,12-14H2,1-4H3,(H,32,33). The average Bonchev–Trinajstić information content (AvgIpc) is 2.73. The molecule has 0 fully saturated rings. The third kappa shape index (κ3) is 4.34. The van der Waals surface area contributed by atoms with Crippen LogP contribution in [0.5, 0.6) is 0 Å². The first-order valence-corrected chi connectivity index (χ1v) is 11.6. The third-order valence-electron chi connectivity index (χ3n) is 6.58. The minimum atomic E-state index is -1.10. The smallest absolute Gasteiger partial charge is 0.335 e. The molecule has 1 aliphatic carbocycles. The monoisotopic (exact) mass is 465 g/mol. The third-order valence-corrected chi connectivity index (χ3v) is 6.90. The summed E-state index contributed by atoms with van der Waals surface area (Å²) in [5.41, 5.74) is 3.45. The minimum Gasteiger partial charge on any atom is -0.478 e. The molecular weight excluding hydrogens is 438 g/mol. The second-order valence-corrected chi connectivity index (χ2v) is 10.5. The number of carboxylic acid groups (broad SMARTS) is 1. The van der Waals surface area contributed by atoms with Gasteiger partial charge in [0.05, 0.1) is 16.3 Å². The quantitative estimate of drug-likeness (QED) is 0.572. The molecule has 1 unspecified atom stereocenters. The molecule has 4 rings (SSSR count). The average molecular weight is 466 g/mol. The number of aromatic carboxylic acids is 1. The zero-order valence-electron chi connectivity index (χ0n) is 19.3. The summed E-state index contributed by atoms with van der Waals surface area (Å²) in [4.78, 5) is 40.0. The van der Waals surface area contributed by atoms with E-state index < -0.39 is 5.97 Å². The van der Waals surface area contributed by atoms with E-state index >= 15 is 0 Å². The molecule has 6 heteroatoms. The lowest BCUT2D eigenvalue weighted by Gasteiger charge is -2.43. The first kappa shape index (κ1) is 23.2. The second kappa shape index (κ2) is 8.45. The highest BCUT2D eigenvalue weighted by molar-refractivity contribution is 6.34. The molecule has 1 atom stereocenters. The van der Waals surface area contributed by atoms with Crippen LogP contribution in [0.2, 0.25) is 5.02 Å². The van der Waals surface area contributed by atoms with Crippen LogP contribution in [0.1, 0.15) is 80.3 Å². The number of ketones is 1. The molecular formula is C27H28ClNO4. The molecule has 1 heterocycles. The Morgan fingerprint density at radius 1 is 1.09 bits per heavy atom. The summed E-state index contributed by atoms with van der Waals surface area (Å²) in [5, 5.41) is 9.74. The van der Waals surface area contributed by atoms with E-state index in [9.17, 15) is 19.5 Å². The number of benzene rings is 2. The number of amides is 1. The molecule has 1 N–H and O–H groups in total. The number of nitrogens with zero attached hydrogens (tertiary/aromatic N) is 1. The van der Waals surface area contributed by atoms with Crippen LogP contribution in [0.4, 0.5) is 5.69 Å². The Morgan fingerprint density at radius 3 is 2.36 bits per heavy atom. The fourth-order valence-corrected chi connectivity index (χ4v) is 5.11. The van der Waals surface area contributed by atoms with Crippen molar-refractivity contribution >= 4 is 34.9 Å². The van der Waals surface area contributed by atoms with Gasteiger partial charge in [-0.15, -0.1) is 0 Å². The zero-order valence-corrected chi connectivity index (χ0v) is 20.1. The van der Waals surface area contributed by atoms with E-state index in [1.165, 1.54) is 28.7 Å². The number of Topliss-reactive ketones (excluding diaryl/α,β-unsaturated/α-hetero) is 1. The van der Waals surface area contributed by atoms with Crippen LogP contribution in [0.15, 0.2) is 53.7 Å². The maximum Gasteiger partial charge on any atom is 0.335 e. The van der Waals surface area contributed by atoms with Gasteiger partial charge in [-0.25, -0.2) is 4.79 Å². The van der Waals surface area contributed by atoms with Gasteiger partial charge in [0.15, 0.2) is 5.78 Å². The highest BCUT2D eigenvalue weighted by Crippen LogP contribution is 2.49. The molecule has 0 radical (unpaired) electrons. The molecule has 0 spiro atoms. The fourth-order valence-electron chi connectivity index (χ4n) is 4.91. The van der Waals surface area contributed by atoms with Gasteiger partial charge in [-0.3, -0.25) is 14.5 Å². The van der Waals surface area contributed by atoms with Crippen molar-refractivity contribution in [3.05, 3.63) is 75.4 Å². The molecule has 1 amide bonds. The van der Waals surface area contributed by atoms with Crippen LogP contribution in [-0.2, 0) is 9.59 Å². The summed E-state index contributed by atoms with van der Waals surface area (Å²) < 4.78 is 0. The molecule has 172 valence electrons. The summed E-state index contributed by atoms with van der Waals surface area (Å²) in [6, 6.07) is 12.4. The summed E-state index contributed by atoms with van der Waals surface area (Å²) in [6.07, 6.45) is 1.05. The second-order valence-electron chi connectivity index (χ2n) is 10.1. The lowest BCUT2D eigenvalue weighted by molar-refractivity contribution is -0.121. The molecule has 2 aliphatic rings. The van der Waals surface area contributed by atoms with E-state index in [1.54, 1.807) is 0 Å². The number of carboxylic acids is 1. The van der Waals surface area contributed by atoms with Crippen LogP contribution >= 0.6 is 11.6 Å². The molecule has 0 bridgehead atoms. The minimum absolute atomic E-state index is 0.0298. The van der Waals surface area contributed by atoms with Crippen molar-refractivity contribution in [2.24, 2.45) is 5.41 Å². The number of carbonyl (C=O) groups is 3. The predicted molar refractivity (Wildman–Crippen MR) is 129 cm³/mol. The fraction of sp³-hybridized carbons (Fsp3) is 0.370. The summed E-state index contributed by atoms with van der Waals surface area (Å²) in [7, 11) is 0. The molecule has 0 aromatic heterocycles. The highest BCUT2D eigenvalue weighted by atomic mass is 35.5. The Morgan fingerprint density at radius 2 is 1.76 bits per heavy atom. The van der Waals surface area contributed by atoms with Gasteiger partial charge >= 0.3 is 5.97 Å². The van der Waals surface area contributed by atoms with Gasteiger partial charge in [0.2, 0.25) is 5.91 Å². The van der Waals surface area contributed by atoms with E-state index in [0.29, 0.717) is 35.7 Å². The lowest BCUT2D eigenvalue weighted by atomic mass is 9.69. The molecule has 1 aliphatic heterocycles. The first-order chi connectivity index (χ1) is 15.5. The van der Waals surface area contributed by atoms with Gasteiger partial charge in [-0.2, -0.15) is 0 Å². The van der Waals surface area contributed by atoms with Crippen LogP contribution in [0, 0.1) is 5.41 Å². The predicted octanol–water partition coefficient (Wildman–Crippen LogP) is 6.33.